The molecule has 0 spiro atoms. The highest BCUT2D eigenvalue weighted by molar-refractivity contribution is 5.81. The van der Waals surface area contributed by atoms with Crippen LogP contribution < -0.4 is 15.2 Å². The van der Waals surface area contributed by atoms with Crippen LogP contribution in [0, 0.1) is 0 Å². The number of rotatable bonds is 17. The number of carbonyl (C=O) groups is 4. The van der Waals surface area contributed by atoms with Crippen LogP contribution in [0.2, 0.25) is 0 Å². The number of nitrogens with two attached hydrogens (primary N) is 1. The van der Waals surface area contributed by atoms with Gasteiger partial charge in [0.25, 0.3) is 0 Å². The van der Waals surface area contributed by atoms with Gasteiger partial charge in [0, 0.05) is 32.1 Å². The molecule has 0 amide bonds. The monoisotopic (exact) mass is 507 g/mol. The Bertz CT molecular complexity index is 869. The molecule has 1 rings (SSSR count). The molecular weight excluding hydrogens is 466 g/mol. The minimum Gasteiger partial charge on any atom is -0.468 e. The second-order valence-electron chi connectivity index (χ2n) is 8.83. The molecule has 0 aliphatic carbocycles. The van der Waals surface area contributed by atoms with Gasteiger partial charge >= 0.3 is 23.9 Å². The molecule has 0 heterocycles. The summed E-state index contributed by atoms with van der Waals surface area (Å²) in [7, 11) is 1.23. The van der Waals surface area contributed by atoms with Gasteiger partial charge in [-0.1, -0.05) is 46.1 Å². The smallest absolute Gasteiger partial charge is 0.326 e. The predicted molar refractivity (Wildman–Crippen MR) is 135 cm³/mol. The van der Waals surface area contributed by atoms with E-state index in [-0.39, 0.29) is 49.8 Å². The number of benzene rings is 1. The van der Waals surface area contributed by atoms with Crippen molar-refractivity contribution in [3.63, 3.8) is 0 Å². The first-order chi connectivity index (χ1) is 17.2. The first-order valence-corrected chi connectivity index (χ1v) is 12.8. The number of carbonyl (C=O) groups excluding carboxylic acids is 4. The third kappa shape index (κ3) is 11.2. The molecule has 0 aliphatic heterocycles. The van der Waals surface area contributed by atoms with E-state index in [1.165, 1.54) is 19.2 Å². The zero-order valence-electron chi connectivity index (χ0n) is 22.1. The molecule has 0 unspecified atom stereocenters. The number of ether oxygens (including phenoxy) is 4. The summed E-state index contributed by atoms with van der Waals surface area (Å²) in [6.07, 6.45) is 5.42. The Morgan fingerprint density at radius 3 is 1.86 bits per heavy atom. The van der Waals surface area contributed by atoms with Gasteiger partial charge in [-0.25, -0.2) is 0 Å². The highest BCUT2D eigenvalue weighted by Crippen LogP contribution is 2.31. The van der Waals surface area contributed by atoms with Crippen molar-refractivity contribution in [1.29, 1.82) is 0 Å². The van der Waals surface area contributed by atoms with E-state index in [9.17, 15) is 19.2 Å². The van der Waals surface area contributed by atoms with E-state index in [0.717, 1.165) is 25.7 Å². The Morgan fingerprint density at radius 2 is 1.33 bits per heavy atom. The molecule has 0 radical (unpaired) electrons. The second-order valence-corrected chi connectivity index (χ2v) is 8.83. The van der Waals surface area contributed by atoms with Crippen molar-refractivity contribution >= 4 is 23.9 Å². The molecule has 1 aromatic rings. The summed E-state index contributed by atoms with van der Waals surface area (Å²) in [6.45, 7) is 5.86. The van der Waals surface area contributed by atoms with Crippen LogP contribution in [0.15, 0.2) is 18.2 Å². The fourth-order valence-electron chi connectivity index (χ4n) is 3.39. The lowest BCUT2D eigenvalue weighted by Gasteiger charge is -2.26. The van der Waals surface area contributed by atoms with Crippen LogP contribution >= 0.6 is 0 Å². The average molecular weight is 508 g/mol. The summed E-state index contributed by atoms with van der Waals surface area (Å²) in [5, 5.41) is 0. The van der Waals surface area contributed by atoms with E-state index in [2.05, 4.69) is 0 Å². The molecule has 9 nitrogen and oxygen atoms in total. The Kier molecular flexibility index (Phi) is 14.4. The summed E-state index contributed by atoms with van der Waals surface area (Å²) in [5.74, 6) is -1.69. The van der Waals surface area contributed by atoms with Crippen molar-refractivity contribution in [1.82, 2.24) is 0 Å². The lowest BCUT2D eigenvalue weighted by molar-refractivity contribution is -0.151. The predicted octanol–water partition coefficient (Wildman–Crippen LogP) is 4.41. The molecule has 202 valence electrons. The summed E-state index contributed by atoms with van der Waals surface area (Å²) < 4.78 is 21.1. The van der Waals surface area contributed by atoms with Gasteiger partial charge in [-0.3, -0.25) is 19.2 Å². The quantitative estimate of drug-likeness (QED) is 0.240. The summed E-state index contributed by atoms with van der Waals surface area (Å²) in [5.41, 5.74) is 5.48. The van der Waals surface area contributed by atoms with Gasteiger partial charge in [0.1, 0.15) is 5.54 Å². The SMILES string of the molecule is CCCCC(=O)OCC[C@@](N)(Cc1ccc(OC(=O)CCCC)c(OC(=O)CCCC)c1)C(=O)OC. The highest BCUT2D eigenvalue weighted by atomic mass is 16.6. The number of esters is 4. The molecule has 0 aromatic heterocycles. The topological polar surface area (TPSA) is 131 Å². The second kappa shape index (κ2) is 16.7. The van der Waals surface area contributed by atoms with E-state index in [0.29, 0.717) is 24.8 Å². The van der Waals surface area contributed by atoms with Gasteiger partial charge in [-0.05, 0) is 37.0 Å². The number of hydrogen-bond acceptors (Lipinski definition) is 9. The van der Waals surface area contributed by atoms with Crippen LogP contribution in [0.4, 0.5) is 0 Å². The number of unbranched alkanes of at least 4 members (excludes halogenated alkanes) is 3. The number of methoxy groups -OCH3 is 1. The van der Waals surface area contributed by atoms with Crippen molar-refractivity contribution in [2.75, 3.05) is 13.7 Å². The molecule has 0 aliphatic rings. The van der Waals surface area contributed by atoms with Gasteiger partial charge in [0.2, 0.25) is 0 Å². The highest BCUT2D eigenvalue weighted by Gasteiger charge is 2.36. The molecule has 0 bridgehead atoms. The zero-order valence-corrected chi connectivity index (χ0v) is 22.1. The van der Waals surface area contributed by atoms with Gasteiger partial charge in [-0.15, -0.1) is 0 Å². The van der Waals surface area contributed by atoms with Crippen molar-refractivity contribution in [2.24, 2.45) is 5.73 Å². The Morgan fingerprint density at radius 1 is 0.806 bits per heavy atom. The standard InChI is InChI=1S/C27H41NO8/c1-5-8-11-23(29)34-17-16-27(28,26(32)33-4)19-20-14-15-21(35-24(30)12-9-6-2)22(18-20)36-25(31)13-10-7-3/h14-15,18H,5-13,16-17,19,28H2,1-4H3/t27-/m1/s1. The van der Waals surface area contributed by atoms with Gasteiger partial charge in [0.15, 0.2) is 11.5 Å². The third-order valence-electron chi connectivity index (χ3n) is 5.58. The van der Waals surface area contributed by atoms with E-state index < -0.39 is 23.4 Å². The molecule has 1 aromatic carbocycles. The van der Waals surface area contributed by atoms with Gasteiger partial charge in [-0.2, -0.15) is 0 Å². The normalized spacial score (nSPS) is 12.4. The molecular formula is C27H41NO8. The molecule has 36 heavy (non-hydrogen) atoms. The Hall–Kier alpha value is -2.94. The molecule has 2 N–H and O–H groups in total. The molecule has 0 saturated heterocycles. The number of hydrogen-bond donors (Lipinski definition) is 1. The molecule has 1 atom stereocenters. The largest absolute Gasteiger partial charge is 0.468 e. The fraction of sp³-hybridized carbons (Fsp3) is 0.630. The Balaban J connectivity index is 3.09. The van der Waals surface area contributed by atoms with Gasteiger partial charge in [0.05, 0.1) is 13.7 Å². The van der Waals surface area contributed by atoms with E-state index in [1.54, 1.807) is 6.07 Å². The summed E-state index contributed by atoms with van der Waals surface area (Å²) >= 11 is 0. The summed E-state index contributed by atoms with van der Waals surface area (Å²) in [4.78, 5) is 48.8. The first-order valence-electron chi connectivity index (χ1n) is 12.8. The van der Waals surface area contributed by atoms with Crippen LogP contribution in [-0.2, 0) is 35.1 Å². The average Bonchev–Trinajstić information content (AvgIpc) is 2.85. The van der Waals surface area contributed by atoms with Crippen molar-refractivity contribution < 1.29 is 38.1 Å². The maximum Gasteiger partial charge on any atom is 0.326 e. The van der Waals surface area contributed by atoms with E-state index >= 15 is 0 Å². The molecule has 0 saturated carbocycles. The van der Waals surface area contributed by atoms with Crippen LogP contribution in [0.1, 0.15) is 90.5 Å². The van der Waals surface area contributed by atoms with Crippen LogP contribution in [0.5, 0.6) is 11.5 Å². The van der Waals surface area contributed by atoms with Crippen molar-refractivity contribution in [3.05, 3.63) is 23.8 Å². The molecule has 0 fully saturated rings. The zero-order chi connectivity index (χ0) is 27.0. The Labute approximate surface area is 214 Å². The van der Waals surface area contributed by atoms with E-state index in [4.69, 9.17) is 24.7 Å². The third-order valence-corrected chi connectivity index (χ3v) is 5.58. The van der Waals surface area contributed by atoms with Crippen LogP contribution in [-0.4, -0.2) is 43.1 Å². The first kappa shape index (κ1) is 31.1. The van der Waals surface area contributed by atoms with Crippen molar-refractivity contribution in [3.8, 4) is 11.5 Å². The van der Waals surface area contributed by atoms with Gasteiger partial charge < -0.3 is 24.7 Å². The molecule has 9 heteroatoms. The van der Waals surface area contributed by atoms with Crippen molar-refractivity contribution in [2.45, 2.75) is 96.9 Å². The minimum atomic E-state index is -1.48. The van der Waals surface area contributed by atoms with Crippen LogP contribution in [0.3, 0.4) is 0 Å². The minimum absolute atomic E-state index is 0.0236. The van der Waals surface area contributed by atoms with E-state index in [1.807, 2.05) is 20.8 Å². The lowest BCUT2D eigenvalue weighted by Crippen LogP contribution is -2.51. The summed E-state index contributed by atoms with van der Waals surface area (Å²) in [6, 6.07) is 4.69. The lowest BCUT2D eigenvalue weighted by atomic mass is 9.88. The maximum atomic E-state index is 12.5. The van der Waals surface area contributed by atoms with Crippen LogP contribution in [0.25, 0.3) is 0 Å². The fourth-order valence-corrected chi connectivity index (χ4v) is 3.39. The maximum absolute atomic E-state index is 12.5.